The van der Waals surface area contributed by atoms with E-state index in [2.05, 4.69) is 11.6 Å². The summed E-state index contributed by atoms with van der Waals surface area (Å²) in [6, 6.07) is 3.47. The number of rotatable bonds is 10. The van der Waals surface area contributed by atoms with E-state index in [1.807, 2.05) is 13.0 Å². The molecule has 0 saturated heterocycles. The molecule has 0 aromatic carbocycles. The van der Waals surface area contributed by atoms with E-state index < -0.39 is 10.0 Å². The van der Waals surface area contributed by atoms with E-state index in [0.717, 1.165) is 30.6 Å². The Kier molecular flexibility index (Phi) is 8.06. The summed E-state index contributed by atoms with van der Waals surface area (Å²) >= 11 is 1.29. The molecule has 0 radical (unpaired) electrons. The first kappa shape index (κ1) is 19.1. The van der Waals surface area contributed by atoms with Gasteiger partial charge in [0.25, 0.3) is 0 Å². The Morgan fingerprint density at radius 3 is 2.50 bits per heavy atom. The van der Waals surface area contributed by atoms with Crippen LogP contribution in [0, 0.1) is 0 Å². The van der Waals surface area contributed by atoms with Crippen molar-refractivity contribution >= 4 is 27.3 Å². The molecular weight excluding hydrogens is 320 g/mol. The zero-order valence-electron chi connectivity index (χ0n) is 13.6. The molecule has 0 aliphatic heterocycles. The molecule has 1 heterocycles. The van der Waals surface area contributed by atoms with Crippen molar-refractivity contribution < 1.29 is 13.2 Å². The normalized spacial score (nSPS) is 11.6. The lowest BCUT2D eigenvalue weighted by molar-refractivity contribution is -0.128. The highest BCUT2D eigenvalue weighted by molar-refractivity contribution is 7.91. The Bertz CT molecular complexity index is 567. The average Bonchev–Trinajstić information content (AvgIpc) is 2.95. The highest BCUT2D eigenvalue weighted by Crippen LogP contribution is 2.21. The van der Waals surface area contributed by atoms with Crippen molar-refractivity contribution in [3.63, 3.8) is 0 Å². The Morgan fingerprint density at radius 2 is 1.95 bits per heavy atom. The lowest BCUT2D eigenvalue weighted by Gasteiger charge is -2.21. The third kappa shape index (κ3) is 6.06. The summed E-state index contributed by atoms with van der Waals surface area (Å²) in [5.41, 5.74) is 0. The molecule has 0 spiro atoms. The fourth-order valence-corrected chi connectivity index (χ4v) is 4.42. The van der Waals surface area contributed by atoms with E-state index in [0.29, 0.717) is 17.3 Å². The van der Waals surface area contributed by atoms with Crippen LogP contribution in [0.2, 0.25) is 0 Å². The molecule has 0 unspecified atom stereocenters. The number of hydrogen-bond donors (Lipinski definition) is 1. The van der Waals surface area contributed by atoms with E-state index in [1.54, 1.807) is 11.0 Å². The van der Waals surface area contributed by atoms with Gasteiger partial charge in [-0.15, -0.1) is 11.3 Å². The van der Waals surface area contributed by atoms with Gasteiger partial charge in [-0.05, 0) is 25.0 Å². The molecule has 1 aromatic heterocycles. The van der Waals surface area contributed by atoms with Gasteiger partial charge in [0.1, 0.15) is 4.21 Å². The zero-order chi connectivity index (χ0) is 16.6. The molecule has 1 aromatic rings. The second-order valence-electron chi connectivity index (χ2n) is 5.19. The Labute approximate surface area is 137 Å². The van der Waals surface area contributed by atoms with Crippen molar-refractivity contribution in [2.45, 2.75) is 50.7 Å². The number of carbonyl (C=O) groups excluding carboxylic acids is 1. The number of hydrogen-bond acceptors (Lipinski definition) is 4. The lowest BCUT2D eigenvalue weighted by Crippen LogP contribution is -2.37. The van der Waals surface area contributed by atoms with Crippen LogP contribution in [-0.4, -0.2) is 38.9 Å². The van der Waals surface area contributed by atoms with Crippen molar-refractivity contribution in [3.05, 3.63) is 17.0 Å². The molecule has 5 nitrogen and oxygen atoms in total. The summed E-state index contributed by atoms with van der Waals surface area (Å²) in [7, 11) is -3.47. The van der Waals surface area contributed by atoms with Crippen LogP contribution in [0.5, 0.6) is 0 Å². The molecule has 0 bridgehead atoms. The molecule has 1 amide bonds. The van der Waals surface area contributed by atoms with Gasteiger partial charge < -0.3 is 4.90 Å². The molecular formula is C15H26N2O3S2. The van der Waals surface area contributed by atoms with Gasteiger partial charge in [-0.1, -0.05) is 26.7 Å². The fraction of sp³-hybridized carbons (Fsp3) is 0.667. The van der Waals surface area contributed by atoms with E-state index in [1.165, 1.54) is 18.3 Å². The molecule has 7 heteroatoms. The standard InChI is InChI=1S/C15H26N2O3S2/c1-4-6-7-11-17(13(3)18)12-10-16-22(19,20)15-9-8-14(5-2)21-15/h8-9,16H,4-7,10-12H2,1-3H3. The first-order valence-electron chi connectivity index (χ1n) is 7.74. The first-order chi connectivity index (χ1) is 10.4. The molecule has 1 rings (SSSR count). The summed E-state index contributed by atoms with van der Waals surface area (Å²) in [5.74, 6) is -0.0142. The predicted octanol–water partition coefficient (Wildman–Crippen LogP) is 2.63. The molecule has 22 heavy (non-hydrogen) atoms. The second kappa shape index (κ2) is 9.27. The highest BCUT2D eigenvalue weighted by atomic mass is 32.2. The van der Waals surface area contributed by atoms with Gasteiger partial charge in [-0.25, -0.2) is 13.1 Å². The first-order valence-corrected chi connectivity index (χ1v) is 10.0. The number of carbonyl (C=O) groups is 1. The average molecular weight is 347 g/mol. The highest BCUT2D eigenvalue weighted by Gasteiger charge is 2.17. The minimum absolute atomic E-state index is 0.0142. The largest absolute Gasteiger partial charge is 0.342 e. The minimum atomic E-state index is -3.47. The van der Waals surface area contributed by atoms with E-state index in [9.17, 15) is 13.2 Å². The van der Waals surface area contributed by atoms with Gasteiger partial charge in [-0.2, -0.15) is 0 Å². The molecule has 126 valence electrons. The molecule has 0 saturated carbocycles. The Hall–Kier alpha value is -0.920. The van der Waals surface area contributed by atoms with Crippen molar-refractivity contribution in [1.29, 1.82) is 0 Å². The number of amides is 1. The van der Waals surface area contributed by atoms with Crippen LogP contribution in [-0.2, 0) is 21.2 Å². The Morgan fingerprint density at radius 1 is 1.23 bits per heavy atom. The third-order valence-electron chi connectivity index (χ3n) is 3.40. The van der Waals surface area contributed by atoms with Crippen molar-refractivity contribution in [3.8, 4) is 0 Å². The number of aryl methyl sites for hydroxylation is 1. The number of unbranched alkanes of at least 4 members (excludes halogenated alkanes) is 2. The lowest BCUT2D eigenvalue weighted by atomic mass is 10.2. The van der Waals surface area contributed by atoms with Gasteiger partial charge in [0.2, 0.25) is 15.9 Å². The van der Waals surface area contributed by atoms with E-state index in [-0.39, 0.29) is 12.5 Å². The van der Waals surface area contributed by atoms with E-state index in [4.69, 9.17) is 0 Å². The number of thiophene rings is 1. The maximum Gasteiger partial charge on any atom is 0.250 e. The SMILES string of the molecule is CCCCCN(CCNS(=O)(=O)c1ccc(CC)s1)C(C)=O. The summed E-state index contributed by atoms with van der Waals surface area (Å²) < 4.78 is 27.3. The van der Waals surface area contributed by atoms with Gasteiger partial charge in [0.05, 0.1) is 0 Å². The molecule has 1 N–H and O–H groups in total. The summed E-state index contributed by atoms with van der Waals surface area (Å²) in [6.07, 6.45) is 3.95. The summed E-state index contributed by atoms with van der Waals surface area (Å²) in [6.45, 7) is 6.96. The van der Waals surface area contributed by atoms with Crippen molar-refractivity contribution in [1.82, 2.24) is 9.62 Å². The van der Waals surface area contributed by atoms with Crippen LogP contribution in [0.15, 0.2) is 16.3 Å². The quantitative estimate of drug-likeness (QED) is 0.662. The fourth-order valence-electron chi connectivity index (χ4n) is 2.06. The van der Waals surface area contributed by atoms with Gasteiger partial charge in [-0.3, -0.25) is 4.79 Å². The zero-order valence-corrected chi connectivity index (χ0v) is 15.2. The monoisotopic (exact) mass is 346 g/mol. The van der Waals surface area contributed by atoms with Crippen LogP contribution in [0.1, 0.15) is 44.9 Å². The van der Waals surface area contributed by atoms with Gasteiger partial charge in [0, 0.05) is 31.4 Å². The topological polar surface area (TPSA) is 66.5 Å². The summed E-state index contributed by atoms with van der Waals surface area (Å²) in [5, 5.41) is 0. The number of sulfonamides is 1. The predicted molar refractivity (Wildman–Crippen MR) is 90.7 cm³/mol. The number of nitrogens with zero attached hydrogens (tertiary/aromatic N) is 1. The maximum atomic E-state index is 12.2. The van der Waals surface area contributed by atoms with Gasteiger partial charge >= 0.3 is 0 Å². The molecule has 0 aliphatic rings. The number of nitrogens with one attached hydrogen (secondary N) is 1. The molecule has 0 aliphatic carbocycles. The van der Waals surface area contributed by atoms with Crippen LogP contribution < -0.4 is 4.72 Å². The van der Waals surface area contributed by atoms with E-state index >= 15 is 0 Å². The van der Waals surface area contributed by atoms with Gasteiger partial charge in [0.15, 0.2) is 0 Å². The minimum Gasteiger partial charge on any atom is -0.342 e. The smallest absolute Gasteiger partial charge is 0.250 e. The van der Waals surface area contributed by atoms with Crippen molar-refractivity contribution in [2.24, 2.45) is 0 Å². The van der Waals surface area contributed by atoms with Crippen LogP contribution in [0.4, 0.5) is 0 Å². The molecule has 0 atom stereocenters. The third-order valence-corrected chi connectivity index (χ3v) is 6.58. The van der Waals surface area contributed by atoms with Crippen LogP contribution in [0.3, 0.4) is 0 Å². The van der Waals surface area contributed by atoms with Crippen LogP contribution in [0.25, 0.3) is 0 Å². The van der Waals surface area contributed by atoms with Crippen LogP contribution >= 0.6 is 11.3 Å². The molecule has 0 fully saturated rings. The van der Waals surface area contributed by atoms with Crippen molar-refractivity contribution in [2.75, 3.05) is 19.6 Å². The summed E-state index contributed by atoms with van der Waals surface area (Å²) in [4.78, 5) is 14.3. The maximum absolute atomic E-state index is 12.2. The second-order valence-corrected chi connectivity index (χ2v) is 8.35. The Balaban J connectivity index is 2.51.